The lowest BCUT2D eigenvalue weighted by Gasteiger charge is -2.23. The van der Waals surface area contributed by atoms with Crippen molar-refractivity contribution in [1.29, 1.82) is 0 Å². The molecule has 1 aliphatic heterocycles. The van der Waals surface area contributed by atoms with Gasteiger partial charge < -0.3 is 10.2 Å². The first kappa shape index (κ1) is 22.4. The molecule has 1 rings (SSSR count). The van der Waals surface area contributed by atoms with Crippen molar-refractivity contribution in [3.63, 3.8) is 0 Å². The molecular formula is C21H41NO3. The summed E-state index contributed by atoms with van der Waals surface area (Å²) in [5.74, 6) is -0.741. The average molecular weight is 356 g/mol. The standard InChI is InChI=1S/C21H41NO3/c1-2-3-4-5-6-7-8-9-10-11-12-13-15-19(23)18-22-17-14-16-20(22)21(24)25/h19-20,23H,2-18H2,1H3,(H,24,25)/t19?,20-/m0/s1. The van der Waals surface area contributed by atoms with E-state index in [1.165, 1.54) is 70.6 Å². The maximum absolute atomic E-state index is 11.1. The lowest BCUT2D eigenvalue weighted by molar-refractivity contribution is -0.142. The van der Waals surface area contributed by atoms with E-state index in [-0.39, 0.29) is 12.1 Å². The fourth-order valence-electron chi connectivity index (χ4n) is 3.91. The summed E-state index contributed by atoms with van der Waals surface area (Å²) >= 11 is 0. The Labute approximate surface area is 155 Å². The third-order valence-corrected chi connectivity index (χ3v) is 5.48. The highest BCUT2D eigenvalue weighted by molar-refractivity contribution is 5.73. The summed E-state index contributed by atoms with van der Waals surface area (Å²) in [5, 5.41) is 19.3. The number of rotatable bonds is 16. The van der Waals surface area contributed by atoms with E-state index in [2.05, 4.69) is 6.92 Å². The van der Waals surface area contributed by atoms with E-state index in [9.17, 15) is 9.90 Å². The molecule has 148 valence electrons. The molecule has 0 aromatic carbocycles. The molecule has 0 aromatic rings. The average Bonchev–Trinajstić information content (AvgIpc) is 3.04. The summed E-state index contributed by atoms with van der Waals surface area (Å²) in [4.78, 5) is 13.1. The summed E-state index contributed by atoms with van der Waals surface area (Å²) < 4.78 is 0. The number of likely N-dealkylation sites (tertiary alicyclic amines) is 1. The molecule has 1 aliphatic rings. The number of aliphatic carboxylic acids is 1. The first-order valence-corrected chi connectivity index (χ1v) is 10.8. The number of carboxylic acids is 1. The van der Waals surface area contributed by atoms with Crippen LogP contribution in [0.15, 0.2) is 0 Å². The molecule has 2 N–H and O–H groups in total. The Bertz CT molecular complexity index is 335. The molecular weight excluding hydrogens is 314 g/mol. The van der Waals surface area contributed by atoms with Crippen LogP contribution in [0.3, 0.4) is 0 Å². The van der Waals surface area contributed by atoms with Crippen LogP contribution in [0.1, 0.15) is 103 Å². The van der Waals surface area contributed by atoms with Crippen molar-refractivity contribution in [2.24, 2.45) is 0 Å². The smallest absolute Gasteiger partial charge is 0.320 e. The molecule has 1 fully saturated rings. The van der Waals surface area contributed by atoms with E-state index in [1.54, 1.807) is 0 Å². The Morgan fingerprint density at radius 3 is 2.00 bits per heavy atom. The third kappa shape index (κ3) is 10.9. The third-order valence-electron chi connectivity index (χ3n) is 5.48. The molecule has 0 bridgehead atoms. The number of aliphatic hydroxyl groups is 1. The zero-order chi connectivity index (χ0) is 18.3. The zero-order valence-corrected chi connectivity index (χ0v) is 16.4. The van der Waals surface area contributed by atoms with Crippen molar-refractivity contribution in [2.45, 2.75) is 115 Å². The Balaban J connectivity index is 1.88. The number of carbonyl (C=O) groups is 1. The van der Waals surface area contributed by atoms with Crippen LogP contribution in [0.4, 0.5) is 0 Å². The minimum atomic E-state index is -0.741. The number of β-amino-alcohol motifs (C(OH)–C–C–N with tert-alkyl or cyclic N) is 1. The van der Waals surface area contributed by atoms with Crippen molar-refractivity contribution < 1.29 is 15.0 Å². The van der Waals surface area contributed by atoms with Gasteiger partial charge >= 0.3 is 5.97 Å². The van der Waals surface area contributed by atoms with Crippen LogP contribution in [0.25, 0.3) is 0 Å². The van der Waals surface area contributed by atoms with Gasteiger partial charge in [-0.2, -0.15) is 0 Å². The van der Waals surface area contributed by atoms with Crippen molar-refractivity contribution in [3.8, 4) is 0 Å². The van der Waals surface area contributed by atoms with Crippen molar-refractivity contribution >= 4 is 5.97 Å². The lowest BCUT2D eigenvalue weighted by Crippen LogP contribution is -2.40. The summed E-state index contributed by atoms with van der Waals surface area (Å²) in [6.07, 6.45) is 18.0. The van der Waals surface area contributed by atoms with Gasteiger partial charge in [0.2, 0.25) is 0 Å². The molecule has 0 spiro atoms. The van der Waals surface area contributed by atoms with Crippen LogP contribution in [0, 0.1) is 0 Å². The minimum Gasteiger partial charge on any atom is -0.480 e. The molecule has 0 aromatic heterocycles. The fraction of sp³-hybridized carbons (Fsp3) is 0.952. The molecule has 0 amide bonds. The molecule has 2 atom stereocenters. The second-order valence-electron chi connectivity index (χ2n) is 7.82. The summed E-state index contributed by atoms with van der Waals surface area (Å²) in [6.45, 7) is 3.60. The first-order chi connectivity index (χ1) is 12.1. The van der Waals surface area contributed by atoms with Crippen molar-refractivity contribution in [2.75, 3.05) is 13.1 Å². The SMILES string of the molecule is CCCCCCCCCCCCCCC(O)CN1CCC[C@H]1C(=O)O. The first-order valence-electron chi connectivity index (χ1n) is 10.8. The van der Waals surface area contributed by atoms with Gasteiger partial charge in [-0.3, -0.25) is 9.69 Å². The number of unbranched alkanes of at least 4 members (excludes halogenated alkanes) is 11. The summed E-state index contributed by atoms with van der Waals surface area (Å²) in [7, 11) is 0. The molecule has 0 aliphatic carbocycles. The Hall–Kier alpha value is -0.610. The lowest BCUT2D eigenvalue weighted by atomic mass is 10.0. The topological polar surface area (TPSA) is 60.8 Å². The molecule has 1 saturated heterocycles. The second-order valence-corrected chi connectivity index (χ2v) is 7.82. The summed E-state index contributed by atoms with van der Waals surface area (Å²) in [6, 6.07) is -0.378. The molecule has 4 nitrogen and oxygen atoms in total. The predicted molar refractivity (Wildman–Crippen MR) is 104 cm³/mol. The maximum atomic E-state index is 11.1. The molecule has 1 unspecified atom stereocenters. The van der Waals surface area contributed by atoms with Crippen LogP contribution in [-0.4, -0.2) is 46.3 Å². The number of nitrogens with zero attached hydrogens (tertiary/aromatic N) is 1. The fourth-order valence-corrected chi connectivity index (χ4v) is 3.91. The van der Waals surface area contributed by atoms with E-state index in [0.717, 1.165) is 32.2 Å². The Morgan fingerprint density at radius 1 is 0.960 bits per heavy atom. The number of aliphatic hydroxyl groups excluding tert-OH is 1. The van der Waals surface area contributed by atoms with Gasteiger partial charge in [-0.25, -0.2) is 0 Å². The highest BCUT2D eigenvalue weighted by Gasteiger charge is 2.31. The predicted octanol–water partition coefficient (Wildman–Crippen LogP) is 4.99. The van der Waals surface area contributed by atoms with Gasteiger partial charge in [-0.15, -0.1) is 0 Å². The Morgan fingerprint density at radius 2 is 1.48 bits per heavy atom. The van der Waals surface area contributed by atoms with E-state index >= 15 is 0 Å². The van der Waals surface area contributed by atoms with Crippen LogP contribution in [-0.2, 0) is 4.79 Å². The number of carboxylic acid groups (broad SMARTS) is 1. The second kappa shape index (κ2) is 14.5. The van der Waals surface area contributed by atoms with Crippen molar-refractivity contribution in [1.82, 2.24) is 4.90 Å². The molecule has 0 radical (unpaired) electrons. The van der Waals surface area contributed by atoms with E-state index in [0.29, 0.717) is 6.54 Å². The maximum Gasteiger partial charge on any atom is 0.320 e. The molecule has 0 saturated carbocycles. The molecule has 25 heavy (non-hydrogen) atoms. The van der Waals surface area contributed by atoms with E-state index < -0.39 is 5.97 Å². The van der Waals surface area contributed by atoms with Crippen LogP contribution < -0.4 is 0 Å². The van der Waals surface area contributed by atoms with Crippen LogP contribution in [0.2, 0.25) is 0 Å². The van der Waals surface area contributed by atoms with Gasteiger partial charge in [0.1, 0.15) is 6.04 Å². The van der Waals surface area contributed by atoms with Crippen LogP contribution in [0.5, 0.6) is 0 Å². The van der Waals surface area contributed by atoms with Gasteiger partial charge in [-0.1, -0.05) is 84.0 Å². The van der Waals surface area contributed by atoms with Gasteiger partial charge in [0.05, 0.1) is 6.10 Å². The number of hydrogen-bond acceptors (Lipinski definition) is 3. The quantitative estimate of drug-likeness (QED) is 0.383. The van der Waals surface area contributed by atoms with Gasteiger partial charge in [0.25, 0.3) is 0 Å². The summed E-state index contributed by atoms with van der Waals surface area (Å²) in [5.41, 5.74) is 0. The highest BCUT2D eigenvalue weighted by Crippen LogP contribution is 2.19. The zero-order valence-electron chi connectivity index (χ0n) is 16.4. The normalized spacial score (nSPS) is 19.4. The largest absolute Gasteiger partial charge is 0.480 e. The van der Waals surface area contributed by atoms with Crippen molar-refractivity contribution in [3.05, 3.63) is 0 Å². The Kier molecular flexibility index (Phi) is 13.1. The van der Waals surface area contributed by atoms with Crippen LogP contribution >= 0.6 is 0 Å². The van der Waals surface area contributed by atoms with E-state index in [1.807, 2.05) is 4.90 Å². The molecule has 4 heteroatoms. The highest BCUT2D eigenvalue weighted by atomic mass is 16.4. The molecule has 1 heterocycles. The van der Waals surface area contributed by atoms with Gasteiger partial charge in [0, 0.05) is 6.54 Å². The van der Waals surface area contributed by atoms with Gasteiger partial charge in [0.15, 0.2) is 0 Å². The van der Waals surface area contributed by atoms with E-state index in [4.69, 9.17) is 5.11 Å². The minimum absolute atomic E-state index is 0.372. The number of hydrogen-bond donors (Lipinski definition) is 2. The monoisotopic (exact) mass is 355 g/mol. The van der Waals surface area contributed by atoms with Gasteiger partial charge in [-0.05, 0) is 25.8 Å².